The number of benzene rings is 1. The van der Waals surface area contributed by atoms with Crippen molar-refractivity contribution in [1.82, 2.24) is 9.80 Å². The molecule has 0 aliphatic carbocycles. The summed E-state index contributed by atoms with van der Waals surface area (Å²) in [4.78, 5) is 40.5. The SMILES string of the molecule is CC(C(=O)O)N(Cc1ccccc1)C(=O)C1CCCN(C(=O)C(C)(C)C)C1. The molecule has 0 radical (unpaired) electrons. The number of rotatable bonds is 5. The number of aliphatic carboxylic acids is 1. The van der Waals surface area contributed by atoms with E-state index in [0.717, 1.165) is 12.0 Å². The van der Waals surface area contributed by atoms with Crippen LogP contribution in [0.4, 0.5) is 0 Å². The van der Waals surface area contributed by atoms with Crippen LogP contribution in [0, 0.1) is 11.3 Å². The largest absolute Gasteiger partial charge is 0.480 e. The molecule has 2 rings (SSSR count). The molecule has 2 unspecified atom stereocenters. The van der Waals surface area contributed by atoms with E-state index in [-0.39, 0.29) is 24.3 Å². The minimum atomic E-state index is -1.03. The predicted molar refractivity (Wildman–Crippen MR) is 103 cm³/mol. The van der Waals surface area contributed by atoms with E-state index >= 15 is 0 Å². The third-order valence-electron chi connectivity index (χ3n) is 5.00. The molecule has 1 aliphatic heterocycles. The number of likely N-dealkylation sites (tertiary alicyclic amines) is 1. The number of carboxylic acid groups (broad SMARTS) is 1. The number of piperidine rings is 1. The van der Waals surface area contributed by atoms with Gasteiger partial charge in [-0.3, -0.25) is 9.59 Å². The van der Waals surface area contributed by atoms with E-state index in [4.69, 9.17) is 0 Å². The Balaban J connectivity index is 2.18. The van der Waals surface area contributed by atoms with Gasteiger partial charge in [-0.1, -0.05) is 51.1 Å². The molecule has 2 amide bonds. The van der Waals surface area contributed by atoms with Crippen molar-refractivity contribution < 1.29 is 19.5 Å². The fourth-order valence-corrected chi connectivity index (χ4v) is 3.39. The van der Waals surface area contributed by atoms with E-state index in [1.807, 2.05) is 51.1 Å². The van der Waals surface area contributed by atoms with Gasteiger partial charge in [0.1, 0.15) is 6.04 Å². The standard InChI is InChI=1S/C21H30N2O4/c1-15(19(25)26)23(13-16-9-6-5-7-10-16)18(24)17-11-8-12-22(14-17)20(27)21(2,3)4/h5-7,9-10,15,17H,8,11-14H2,1-4H3,(H,25,26). The molecule has 1 N–H and O–H groups in total. The first-order valence-corrected chi connectivity index (χ1v) is 9.48. The molecule has 0 bridgehead atoms. The van der Waals surface area contributed by atoms with Crippen LogP contribution in [-0.2, 0) is 20.9 Å². The molecular weight excluding hydrogens is 344 g/mol. The van der Waals surface area contributed by atoms with Crippen LogP contribution in [0.2, 0.25) is 0 Å². The Morgan fingerprint density at radius 3 is 2.41 bits per heavy atom. The summed E-state index contributed by atoms with van der Waals surface area (Å²) in [7, 11) is 0. The average molecular weight is 374 g/mol. The predicted octanol–water partition coefficient (Wildman–Crippen LogP) is 2.77. The zero-order valence-electron chi connectivity index (χ0n) is 16.6. The summed E-state index contributed by atoms with van der Waals surface area (Å²) >= 11 is 0. The summed E-state index contributed by atoms with van der Waals surface area (Å²) in [6.45, 7) is 8.39. The number of carbonyl (C=O) groups is 3. The fraction of sp³-hybridized carbons (Fsp3) is 0.571. The highest BCUT2D eigenvalue weighted by molar-refractivity contribution is 5.86. The Labute approximate surface area is 161 Å². The van der Waals surface area contributed by atoms with E-state index in [9.17, 15) is 19.5 Å². The average Bonchev–Trinajstić information content (AvgIpc) is 2.64. The summed E-state index contributed by atoms with van der Waals surface area (Å²) in [5, 5.41) is 9.47. The van der Waals surface area contributed by atoms with Crippen LogP contribution in [0.25, 0.3) is 0 Å². The van der Waals surface area contributed by atoms with E-state index in [2.05, 4.69) is 0 Å². The highest BCUT2D eigenvalue weighted by Gasteiger charge is 2.37. The normalized spacial score (nSPS) is 18.7. The van der Waals surface area contributed by atoms with Gasteiger partial charge in [-0.05, 0) is 25.3 Å². The molecule has 0 spiro atoms. The van der Waals surface area contributed by atoms with Crippen molar-refractivity contribution >= 4 is 17.8 Å². The lowest BCUT2D eigenvalue weighted by molar-refractivity contribution is -0.154. The minimum Gasteiger partial charge on any atom is -0.480 e. The number of nitrogens with zero attached hydrogens (tertiary/aromatic N) is 2. The van der Waals surface area contributed by atoms with Crippen molar-refractivity contribution in [3.8, 4) is 0 Å². The van der Waals surface area contributed by atoms with Gasteiger partial charge in [0.2, 0.25) is 11.8 Å². The Morgan fingerprint density at radius 2 is 1.85 bits per heavy atom. The molecule has 0 aromatic heterocycles. The minimum absolute atomic E-state index is 0.0286. The van der Waals surface area contributed by atoms with Gasteiger partial charge in [0, 0.05) is 25.0 Å². The van der Waals surface area contributed by atoms with Crippen molar-refractivity contribution in [2.24, 2.45) is 11.3 Å². The molecule has 6 heteroatoms. The molecule has 6 nitrogen and oxygen atoms in total. The van der Waals surface area contributed by atoms with E-state index in [1.54, 1.807) is 4.90 Å². The summed E-state index contributed by atoms with van der Waals surface area (Å²) in [5.74, 6) is -1.56. The van der Waals surface area contributed by atoms with Crippen LogP contribution < -0.4 is 0 Å². The lowest BCUT2D eigenvalue weighted by Gasteiger charge is -2.38. The van der Waals surface area contributed by atoms with E-state index < -0.39 is 17.4 Å². The zero-order chi connectivity index (χ0) is 20.2. The molecule has 2 atom stereocenters. The maximum absolute atomic E-state index is 13.2. The molecule has 148 valence electrons. The quantitative estimate of drug-likeness (QED) is 0.860. The number of hydrogen-bond acceptors (Lipinski definition) is 3. The van der Waals surface area contributed by atoms with Gasteiger partial charge in [0.05, 0.1) is 5.92 Å². The molecule has 1 saturated heterocycles. The van der Waals surface area contributed by atoms with E-state index in [0.29, 0.717) is 19.5 Å². The summed E-state index contributed by atoms with van der Waals surface area (Å²) in [6.07, 6.45) is 1.42. The Morgan fingerprint density at radius 1 is 1.22 bits per heavy atom. The second-order valence-electron chi connectivity index (χ2n) is 8.31. The van der Waals surface area contributed by atoms with Crippen molar-refractivity contribution in [2.75, 3.05) is 13.1 Å². The summed E-state index contributed by atoms with van der Waals surface area (Å²) in [6, 6.07) is 8.46. The van der Waals surface area contributed by atoms with Crippen LogP contribution in [0.1, 0.15) is 46.1 Å². The zero-order valence-corrected chi connectivity index (χ0v) is 16.6. The van der Waals surface area contributed by atoms with E-state index in [1.165, 1.54) is 11.8 Å². The number of carboxylic acids is 1. The number of carbonyl (C=O) groups excluding carboxylic acids is 2. The number of hydrogen-bond donors (Lipinski definition) is 1. The van der Waals surface area contributed by atoms with Gasteiger partial charge in [0.25, 0.3) is 0 Å². The van der Waals surface area contributed by atoms with Gasteiger partial charge in [-0.2, -0.15) is 0 Å². The molecule has 1 aliphatic rings. The highest BCUT2D eigenvalue weighted by Crippen LogP contribution is 2.25. The van der Waals surface area contributed by atoms with Crippen LogP contribution in [0.5, 0.6) is 0 Å². The van der Waals surface area contributed by atoms with Crippen LogP contribution in [0.3, 0.4) is 0 Å². The lowest BCUT2D eigenvalue weighted by Crippen LogP contribution is -2.52. The second-order valence-corrected chi connectivity index (χ2v) is 8.31. The molecular formula is C21H30N2O4. The lowest BCUT2D eigenvalue weighted by atomic mass is 9.90. The Kier molecular flexibility index (Phi) is 6.63. The van der Waals surface area contributed by atoms with Crippen molar-refractivity contribution in [3.05, 3.63) is 35.9 Å². The van der Waals surface area contributed by atoms with Crippen molar-refractivity contribution in [1.29, 1.82) is 0 Å². The molecule has 0 saturated carbocycles. The maximum atomic E-state index is 13.2. The molecule has 1 aromatic rings. The maximum Gasteiger partial charge on any atom is 0.326 e. The molecule has 1 heterocycles. The smallest absolute Gasteiger partial charge is 0.326 e. The third-order valence-corrected chi connectivity index (χ3v) is 5.00. The van der Waals surface area contributed by atoms with Crippen molar-refractivity contribution in [3.63, 3.8) is 0 Å². The summed E-state index contributed by atoms with van der Waals surface area (Å²) < 4.78 is 0. The monoisotopic (exact) mass is 374 g/mol. The van der Waals surface area contributed by atoms with Crippen molar-refractivity contribution in [2.45, 2.75) is 53.1 Å². The fourth-order valence-electron chi connectivity index (χ4n) is 3.39. The first-order valence-electron chi connectivity index (χ1n) is 9.48. The van der Waals surface area contributed by atoms with Gasteiger partial charge >= 0.3 is 5.97 Å². The Bertz CT molecular complexity index is 681. The third kappa shape index (κ3) is 5.31. The highest BCUT2D eigenvalue weighted by atomic mass is 16.4. The van der Waals surface area contributed by atoms with Gasteiger partial charge in [-0.15, -0.1) is 0 Å². The van der Waals surface area contributed by atoms with Gasteiger partial charge < -0.3 is 14.9 Å². The topological polar surface area (TPSA) is 77.9 Å². The van der Waals surface area contributed by atoms with Crippen LogP contribution in [-0.4, -0.2) is 51.8 Å². The van der Waals surface area contributed by atoms with Crippen LogP contribution in [0.15, 0.2) is 30.3 Å². The first kappa shape index (κ1) is 20.9. The molecule has 27 heavy (non-hydrogen) atoms. The van der Waals surface area contributed by atoms with Gasteiger partial charge in [-0.25, -0.2) is 4.79 Å². The first-order chi connectivity index (χ1) is 12.6. The second kappa shape index (κ2) is 8.55. The Hall–Kier alpha value is -2.37. The number of amides is 2. The van der Waals surface area contributed by atoms with Crippen LogP contribution >= 0.6 is 0 Å². The molecule has 1 fully saturated rings. The summed E-state index contributed by atoms with van der Waals surface area (Å²) in [5.41, 5.74) is 0.389. The van der Waals surface area contributed by atoms with Gasteiger partial charge in [0.15, 0.2) is 0 Å². The molecule has 1 aromatic carbocycles.